The fraction of sp³-hybridized carbons (Fsp3) is 0.167. The molecule has 0 aliphatic carbocycles. The van der Waals surface area contributed by atoms with E-state index in [2.05, 4.69) is 26.8 Å². The van der Waals surface area contributed by atoms with E-state index in [4.69, 9.17) is 0 Å². The van der Waals surface area contributed by atoms with Crippen LogP contribution < -0.4 is 10.6 Å². The SMILES string of the molecule is C=CCNC(=O)Nc1cnns1. The Hall–Kier alpha value is -1.43. The third kappa shape index (κ3) is 2.67. The first-order valence-electron chi connectivity index (χ1n) is 3.26. The van der Waals surface area contributed by atoms with Crippen molar-refractivity contribution in [1.29, 1.82) is 0 Å². The maximum atomic E-state index is 11.0. The maximum Gasteiger partial charge on any atom is 0.320 e. The monoisotopic (exact) mass is 184 g/mol. The molecule has 0 bridgehead atoms. The highest BCUT2D eigenvalue weighted by atomic mass is 32.1. The van der Waals surface area contributed by atoms with Gasteiger partial charge in [0.25, 0.3) is 0 Å². The zero-order chi connectivity index (χ0) is 8.81. The zero-order valence-electron chi connectivity index (χ0n) is 6.28. The lowest BCUT2D eigenvalue weighted by Crippen LogP contribution is -2.28. The summed E-state index contributed by atoms with van der Waals surface area (Å²) < 4.78 is 3.58. The first-order chi connectivity index (χ1) is 5.83. The number of urea groups is 1. The second-order valence-corrected chi connectivity index (χ2v) is 2.69. The first kappa shape index (κ1) is 8.66. The second-order valence-electron chi connectivity index (χ2n) is 1.91. The molecule has 2 amide bonds. The fourth-order valence-electron chi connectivity index (χ4n) is 0.543. The summed E-state index contributed by atoms with van der Waals surface area (Å²) in [5, 5.41) is 9.29. The van der Waals surface area contributed by atoms with Gasteiger partial charge in [-0.05, 0) is 0 Å². The van der Waals surface area contributed by atoms with Crippen LogP contribution in [0.15, 0.2) is 18.9 Å². The molecule has 5 nitrogen and oxygen atoms in total. The molecule has 0 radical (unpaired) electrons. The molecule has 0 unspecified atom stereocenters. The van der Waals surface area contributed by atoms with Gasteiger partial charge in [0.05, 0.1) is 6.20 Å². The van der Waals surface area contributed by atoms with Crippen LogP contribution in [-0.4, -0.2) is 22.2 Å². The summed E-state index contributed by atoms with van der Waals surface area (Å²) in [6.45, 7) is 3.91. The van der Waals surface area contributed by atoms with Crippen LogP contribution in [0.2, 0.25) is 0 Å². The van der Waals surface area contributed by atoms with E-state index in [1.807, 2.05) is 0 Å². The predicted octanol–water partition coefficient (Wildman–Crippen LogP) is 0.846. The van der Waals surface area contributed by atoms with E-state index in [9.17, 15) is 4.79 Å². The van der Waals surface area contributed by atoms with Gasteiger partial charge in [0, 0.05) is 18.1 Å². The highest BCUT2D eigenvalue weighted by Crippen LogP contribution is 2.07. The zero-order valence-corrected chi connectivity index (χ0v) is 7.10. The van der Waals surface area contributed by atoms with Crippen LogP contribution in [0.3, 0.4) is 0 Å². The number of hydrogen-bond donors (Lipinski definition) is 2. The van der Waals surface area contributed by atoms with E-state index in [1.165, 1.54) is 6.20 Å². The molecule has 0 fully saturated rings. The van der Waals surface area contributed by atoms with Crippen LogP contribution in [0.5, 0.6) is 0 Å². The maximum absolute atomic E-state index is 11.0. The quantitative estimate of drug-likeness (QED) is 0.684. The van der Waals surface area contributed by atoms with Gasteiger partial charge in [-0.2, -0.15) is 0 Å². The molecule has 1 aromatic heterocycles. The standard InChI is InChI=1S/C6H8N4OS/c1-2-3-7-6(11)9-5-4-8-10-12-5/h2,4H,1,3H2,(H2,7,9,11). The number of anilines is 1. The van der Waals surface area contributed by atoms with Crippen molar-refractivity contribution < 1.29 is 4.79 Å². The third-order valence-electron chi connectivity index (χ3n) is 1.00. The van der Waals surface area contributed by atoms with E-state index in [0.29, 0.717) is 11.5 Å². The molecule has 0 spiro atoms. The summed E-state index contributed by atoms with van der Waals surface area (Å²) in [6.07, 6.45) is 3.09. The van der Waals surface area contributed by atoms with E-state index in [0.717, 1.165) is 11.5 Å². The minimum absolute atomic E-state index is 0.277. The molecule has 1 aromatic rings. The number of nitrogens with zero attached hydrogens (tertiary/aromatic N) is 2. The van der Waals surface area contributed by atoms with E-state index in [-0.39, 0.29) is 6.03 Å². The topological polar surface area (TPSA) is 66.9 Å². The Labute approximate surface area is 73.7 Å². The van der Waals surface area contributed by atoms with Crippen LogP contribution in [0.25, 0.3) is 0 Å². The van der Waals surface area contributed by atoms with Crippen molar-refractivity contribution in [3.8, 4) is 0 Å². The normalized spacial score (nSPS) is 9.00. The molecule has 0 atom stereocenters. The molecule has 6 heteroatoms. The Morgan fingerprint density at radius 1 is 1.83 bits per heavy atom. The molecule has 0 aliphatic heterocycles. The molecule has 2 N–H and O–H groups in total. The van der Waals surface area contributed by atoms with Crippen LogP contribution in [0.1, 0.15) is 0 Å². The van der Waals surface area contributed by atoms with Crippen LogP contribution in [-0.2, 0) is 0 Å². The lowest BCUT2D eigenvalue weighted by molar-refractivity contribution is 0.253. The molecule has 1 rings (SSSR count). The number of nitrogens with one attached hydrogen (secondary N) is 2. The van der Waals surface area contributed by atoms with Crippen molar-refractivity contribution in [1.82, 2.24) is 14.9 Å². The minimum Gasteiger partial charge on any atom is -0.334 e. The van der Waals surface area contributed by atoms with Crippen molar-refractivity contribution in [2.24, 2.45) is 0 Å². The molecule has 64 valence electrons. The molecule has 12 heavy (non-hydrogen) atoms. The smallest absolute Gasteiger partial charge is 0.320 e. The van der Waals surface area contributed by atoms with Gasteiger partial charge in [-0.25, -0.2) is 4.79 Å². The molecule has 0 aliphatic rings. The Bertz CT molecular complexity index is 259. The molecular formula is C6H8N4OS. The van der Waals surface area contributed by atoms with Crippen molar-refractivity contribution in [3.05, 3.63) is 18.9 Å². The molecule has 0 aromatic carbocycles. The van der Waals surface area contributed by atoms with Gasteiger partial charge in [-0.3, -0.25) is 5.32 Å². The van der Waals surface area contributed by atoms with Gasteiger partial charge in [0.1, 0.15) is 5.00 Å². The van der Waals surface area contributed by atoms with E-state index >= 15 is 0 Å². The van der Waals surface area contributed by atoms with Crippen molar-refractivity contribution in [2.75, 3.05) is 11.9 Å². The van der Waals surface area contributed by atoms with Gasteiger partial charge in [-0.1, -0.05) is 10.6 Å². The Morgan fingerprint density at radius 3 is 3.25 bits per heavy atom. The molecular weight excluding hydrogens is 176 g/mol. The van der Waals surface area contributed by atoms with Crippen LogP contribution in [0.4, 0.5) is 9.80 Å². The first-order valence-corrected chi connectivity index (χ1v) is 4.03. The summed E-state index contributed by atoms with van der Waals surface area (Å²) in [7, 11) is 0. The van der Waals surface area contributed by atoms with E-state index in [1.54, 1.807) is 6.08 Å². The molecule has 0 saturated carbocycles. The highest BCUT2D eigenvalue weighted by molar-refractivity contribution is 7.10. The van der Waals surface area contributed by atoms with Gasteiger partial charge >= 0.3 is 6.03 Å². The largest absolute Gasteiger partial charge is 0.334 e. The number of hydrogen-bond acceptors (Lipinski definition) is 4. The van der Waals surface area contributed by atoms with Crippen LogP contribution in [0, 0.1) is 0 Å². The Balaban J connectivity index is 2.32. The highest BCUT2D eigenvalue weighted by Gasteiger charge is 2.00. The molecule has 0 saturated heterocycles. The summed E-state index contributed by atoms with van der Waals surface area (Å²) in [6, 6.07) is -0.277. The van der Waals surface area contributed by atoms with Crippen LogP contribution >= 0.6 is 11.5 Å². The van der Waals surface area contributed by atoms with Gasteiger partial charge in [0.2, 0.25) is 0 Å². The summed E-state index contributed by atoms with van der Waals surface area (Å²) in [5.74, 6) is 0. The van der Waals surface area contributed by atoms with Crippen molar-refractivity contribution >= 4 is 22.6 Å². The summed E-state index contributed by atoms with van der Waals surface area (Å²) in [4.78, 5) is 11.0. The third-order valence-corrected chi connectivity index (χ3v) is 1.59. The number of carbonyl (C=O) groups excluding carboxylic acids is 1. The number of amides is 2. The Morgan fingerprint density at radius 2 is 2.67 bits per heavy atom. The lowest BCUT2D eigenvalue weighted by Gasteiger charge is -2.00. The lowest BCUT2D eigenvalue weighted by atomic mass is 10.6. The van der Waals surface area contributed by atoms with E-state index < -0.39 is 0 Å². The predicted molar refractivity (Wildman–Crippen MR) is 47.1 cm³/mol. The average Bonchev–Trinajstić information content (AvgIpc) is 2.53. The second kappa shape index (κ2) is 4.45. The number of aromatic nitrogens is 2. The van der Waals surface area contributed by atoms with Crippen molar-refractivity contribution in [3.63, 3.8) is 0 Å². The minimum atomic E-state index is -0.277. The van der Waals surface area contributed by atoms with Gasteiger partial charge in [0.15, 0.2) is 0 Å². The van der Waals surface area contributed by atoms with Gasteiger partial charge < -0.3 is 5.32 Å². The number of carbonyl (C=O) groups is 1. The number of rotatable bonds is 3. The molecule has 1 heterocycles. The summed E-state index contributed by atoms with van der Waals surface area (Å²) in [5.41, 5.74) is 0. The van der Waals surface area contributed by atoms with Crippen molar-refractivity contribution in [2.45, 2.75) is 0 Å². The Kier molecular flexibility index (Phi) is 3.21. The summed E-state index contributed by atoms with van der Waals surface area (Å²) >= 11 is 1.13. The average molecular weight is 184 g/mol. The van der Waals surface area contributed by atoms with Gasteiger partial charge in [-0.15, -0.1) is 11.7 Å². The fourth-order valence-corrected chi connectivity index (χ4v) is 0.958.